The number of carbonyl (C=O) groups is 1. The zero-order chi connectivity index (χ0) is 12.3. The second-order valence-corrected chi connectivity index (χ2v) is 3.35. The van der Waals surface area contributed by atoms with Gasteiger partial charge in [-0.25, -0.2) is 0 Å². The Morgan fingerprint density at radius 3 is 2.56 bits per heavy atom. The van der Waals surface area contributed by atoms with Crippen LogP contribution in [-0.4, -0.2) is 16.1 Å². The van der Waals surface area contributed by atoms with Gasteiger partial charge in [-0.2, -0.15) is 18.3 Å². The number of aromatic amines is 1. The van der Waals surface area contributed by atoms with Gasteiger partial charge in [0.2, 0.25) is 5.91 Å². The Morgan fingerprint density at radius 1 is 1.50 bits per heavy atom. The molecule has 0 saturated carbocycles. The second kappa shape index (κ2) is 4.54. The number of nitrogens with one attached hydrogen (secondary N) is 1. The number of aryl methyl sites for hydroxylation is 1. The molecule has 1 heterocycles. The van der Waals surface area contributed by atoms with Gasteiger partial charge in [0.1, 0.15) is 0 Å². The first kappa shape index (κ1) is 12.5. The fourth-order valence-electron chi connectivity index (χ4n) is 1.45. The molecule has 0 spiro atoms. The molecule has 0 atom stereocenters. The Bertz CT molecular complexity index is 384. The molecule has 0 aliphatic carbocycles. The fourth-order valence-corrected chi connectivity index (χ4v) is 1.45. The van der Waals surface area contributed by atoms with E-state index in [1.807, 2.05) is 0 Å². The van der Waals surface area contributed by atoms with Crippen molar-refractivity contribution in [2.24, 2.45) is 5.73 Å². The summed E-state index contributed by atoms with van der Waals surface area (Å²) in [5, 5.41) is 5.57. The Morgan fingerprint density at radius 2 is 2.12 bits per heavy atom. The second-order valence-electron chi connectivity index (χ2n) is 3.35. The molecule has 16 heavy (non-hydrogen) atoms. The molecule has 1 aromatic rings. The number of nitrogens with two attached hydrogens (primary N) is 1. The predicted octanol–water partition coefficient (Wildman–Crippen LogP) is 1.41. The maximum atomic E-state index is 12.5. The molecule has 1 amide bonds. The standard InChI is InChI=1S/C9H12F3N3O/c1-2-6-5(3-4-7(13)16)8(15-14-6)9(10,11)12/h2-4H2,1H3,(H2,13,16)(H,14,15). The summed E-state index contributed by atoms with van der Waals surface area (Å²) in [7, 11) is 0. The van der Waals surface area contributed by atoms with Crippen molar-refractivity contribution in [3.8, 4) is 0 Å². The van der Waals surface area contributed by atoms with E-state index in [0.29, 0.717) is 12.1 Å². The van der Waals surface area contributed by atoms with E-state index in [4.69, 9.17) is 5.73 Å². The van der Waals surface area contributed by atoms with Crippen LogP contribution in [0.1, 0.15) is 30.3 Å². The molecule has 7 heteroatoms. The van der Waals surface area contributed by atoms with Crippen LogP contribution in [-0.2, 0) is 23.8 Å². The molecule has 0 bridgehead atoms. The lowest BCUT2D eigenvalue weighted by molar-refractivity contribution is -0.142. The van der Waals surface area contributed by atoms with Gasteiger partial charge in [0, 0.05) is 17.7 Å². The van der Waals surface area contributed by atoms with Gasteiger partial charge in [0.15, 0.2) is 5.69 Å². The van der Waals surface area contributed by atoms with E-state index in [-0.39, 0.29) is 18.4 Å². The zero-order valence-electron chi connectivity index (χ0n) is 8.69. The lowest BCUT2D eigenvalue weighted by Crippen LogP contribution is -2.14. The normalized spacial score (nSPS) is 11.8. The van der Waals surface area contributed by atoms with Crippen molar-refractivity contribution < 1.29 is 18.0 Å². The summed E-state index contributed by atoms with van der Waals surface area (Å²) < 4.78 is 37.6. The highest BCUT2D eigenvalue weighted by molar-refractivity contribution is 5.74. The van der Waals surface area contributed by atoms with Crippen LogP contribution in [0.5, 0.6) is 0 Å². The Kier molecular flexibility index (Phi) is 3.56. The summed E-state index contributed by atoms with van der Waals surface area (Å²) in [6, 6.07) is 0. The van der Waals surface area contributed by atoms with Crippen molar-refractivity contribution in [2.45, 2.75) is 32.4 Å². The van der Waals surface area contributed by atoms with E-state index < -0.39 is 17.8 Å². The number of alkyl halides is 3. The quantitative estimate of drug-likeness (QED) is 0.828. The number of hydrogen-bond acceptors (Lipinski definition) is 2. The maximum Gasteiger partial charge on any atom is 0.435 e. The van der Waals surface area contributed by atoms with E-state index >= 15 is 0 Å². The summed E-state index contributed by atoms with van der Waals surface area (Å²) in [5.41, 5.74) is 4.39. The van der Waals surface area contributed by atoms with E-state index in [1.165, 1.54) is 0 Å². The number of aromatic nitrogens is 2. The van der Waals surface area contributed by atoms with Crippen molar-refractivity contribution >= 4 is 5.91 Å². The first-order valence-corrected chi connectivity index (χ1v) is 4.77. The van der Waals surface area contributed by atoms with Gasteiger partial charge < -0.3 is 5.73 Å². The predicted molar refractivity (Wildman–Crippen MR) is 50.5 cm³/mol. The molecule has 0 aliphatic rings. The number of rotatable bonds is 4. The van der Waals surface area contributed by atoms with Crippen LogP contribution in [0, 0.1) is 0 Å². The van der Waals surface area contributed by atoms with Crippen LogP contribution in [0.3, 0.4) is 0 Å². The first-order valence-electron chi connectivity index (χ1n) is 4.77. The summed E-state index contributed by atoms with van der Waals surface area (Å²) in [6.45, 7) is 1.71. The van der Waals surface area contributed by atoms with Gasteiger partial charge in [-0.05, 0) is 12.8 Å². The molecule has 0 aromatic carbocycles. The largest absolute Gasteiger partial charge is 0.435 e. The van der Waals surface area contributed by atoms with Gasteiger partial charge in [0.05, 0.1) is 0 Å². The fraction of sp³-hybridized carbons (Fsp3) is 0.556. The van der Waals surface area contributed by atoms with Crippen molar-refractivity contribution in [2.75, 3.05) is 0 Å². The molecule has 0 saturated heterocycles. The van der Waals surface area contributed by atoms with Crippen LogP contribution in [0.15, 0.2) is 0 Å². The third-order valence-corrected chi connectivity index (χ3v) is 2.20. The topological polar surface area (TPSA) is 71.8 Å². The third-order valence-electron chi connectivity index (χ3n) is 2.20. The number of H-pyrrole nitrogens is 1. The molecule has 0 fully saturated rings. The van der Waals surface area contributed by atoms with E-state index in [1.54, 1.807) is 6.92 Å². The lowest BCUT2D eigenvalue weighted by Gasteiger charge is -2.06. The minimum absolute atomic E-state index is 0.0359. The highest BCUT2D eigenvalue weighted by Gasteiger charge is 2.37. The maximum absolute atomic E-state index is 12.5. The Hall–Kier alpha value is -1.53. The number of nitrogens with zero attached hydrogens (tertiary/aromatic N) is 1. The Labute approximate surface area is 90.0 Å². The molecule has 0 aliphatic heterocycles. The number of primary amides is 1. The number of halogens is 3. The molecule has 1 rings (SSSR count). The van der Waals surface area contributed by atoms with Crippen LogP contribution < -0.4 is 5.73 Å². The van der Waals surface area contributed by atoms with E-state index in [9.17, 15) is 18.0 Å². The van der Waals surface area contributed by atoms with Gasteiger partial charge >= 0.3 is 6.18 Å². The van der Waals surface area contributed by atoms with Crippen molar-refractivity contribution in [3.05, 3.63) is 17.0 Å². The summed E-state index contributed by atoms with van der Waals surface area (Å²) >= 11 is 0. The molecule has 4 nitrogen and oxygen atoms in total. The number of carbonyl (C=O) groups excluding carboxylic acids is 1. The average Bonchev–Trinajstić information content (AvgIpc) is 2.56. The third kappa shape index (κ3) is 2.74. The van der Waals surface area contributed by atoms with Crippen molar-refractivity contribution in [3.63, 3.8) is 0 Å². The average molecular weight is 235 g/mol. The highest BCUT2D eigenvalue weighted by atomic mass is 19.4. The van der Waals surface area contributed by atoms with Crippen LogP contribution in [0.4, 0.5) is 13.2 Å². The zero-order valence-corrected chi connectivity index (χ0v) is 8.69. The van der Waals surface area contributed by atoms with Crippen molar-refractivity contribution in [1.82, 2.24) is 10.2 Å². The van der Waals surface area contributed by atoms with E-state index in [2.05, 4.69) is 10.2 Å². The van der Waals surface area contributed by atoms with Gasteiger partial charge in [-0.1, -0.05) is 6.92 Å². The molecule has 1 aromatic heterocycles. The molecule has 0 unspecified atom stereocenters. The minimum Gasteiger partial charge on any atom is -0.370 e. The molecule has 90 valence electrons. The highest BCUT2D eigenvalue weighted by Crippen LogP contribution is 2.32. The van der Waals surface area contributed by atoms with Crippen LogP contribution >= 0.6 is 0 Å². The van der Waals surface area contributed by atoms with Crippen LogP contribution in [0.25, 0.3) is 0 Å². The lowest BCUT2D eigenvalue weighted by atomic mass is 10.1. The number of amides is 1. The number of hydrogen-bond donors (Lipinski definition) is 2. The van der Waals surface area contributed by atoms with E-state index in [0.717, 1.165) is 0 Å². The smallest absolute Gasteiger partial charge is 0.370 e. The molecule has 0 radical (unpaired) electrons. The Balaban J connectivity index is 3.01. The van der Waals surface area contributed by atoms with Crippen LogP contribution in [0.2, 0.25) is 0 Å². The van der Waals surface area contributed by atoms with Gasteiger partial charge in [-0.15, -0.1) is 0 Å². The summed E-state index contributed by atoms with van der Waals surface area (Å²) in [6.07, 6.45) is -4.26. The monoisotopic (exact) mass is 235 g/mol. The van der Waals surface area contributed by atoms with Gasteiger partial charge in [-0.3, -0.25) is 9.89 Å². The van der Waals surface area contributed by atoms with Gasteiger partial charge in [0.25, 0.3) is 0 Å². The summed E-state index contributed by atoms with van der Waals surface area (Å²) in [5.74, 6) is -0.628. The first-order chi connectivity index (χ1) is 7.36. The van der Waals surface area contributed by atoms with Crippen molar-refractivity contribution in [1.29, 1.82) is 0 Å². The molecular weight excluding hydrogens is 223 g/mol. The molecule has 3 N–H and O–H groups in total. The minimum atomic E-state index is -4.50. The molecular formula is C9H12F3N3O. The summed E-state index contributed by atoms with van der Waals surface area (Å²) in [4.78, 5) is 10.6. The SMILES string of the molecule is CCc1[nH]nc(C(F)(F)F)c1CCC(N)=O.